The standard InChI is InChI=1S/C17H21N5O2S/c1-3-12-22-17(9-11-19-22)25(23,24)20-14(2)15-7-4-5-8-16(15)21-13-6-10-18-21/h4-11,13-14,20H,3,12H2,1-2H3/t14-/m0/s1. The van der Waals surface area contributed by atoms with Crippen molar-refractivity contribution < 1.29 is 8.42 Å². The van der Waals surface area contributed by atoms with E-state index in [1.165, 1.54) is 16.9 Å². The van der Waals surface area contributed by atoms with Crippen LogP contribution in [0.1, 0.15) is 31.9 Å². The molecule has 132 valence electrons. The summed E-state index contributed by atoms with van der Waals surface area (Å²) in [5.41, 5.74) is 1.68. The summed E-state index contributed by atoms with van der Waals surface area (Å²) in [6.45, 7) is 4.36. The number of para-hydroxylation sites is 1. The molecule has 0 spiro atoms. The molecule has 0 amide bonds. The number of aryl methyl sites for hydroxylation is 1. The molecular weight excluding hydrogens is 338 g/mol. The molecular formula is C17H21N5O2S. The van der Waals surface area contributed by atoms with Crippen LogP contribution in [0.3, 0.4) is 0 Å². The summed E-state index contributed by atoms with van der Waals surface area (Å²) < 4.78 is 31.5. The first-order valence-corrected chi connectivity index (χ1v) is 9.64. The maximum atomic E-state index is 12.8. The van der Waals surface area contributed by atoms with Gasteiger partial charge < -0.3 is 0 Å². The molecule has 3 aromatic rings. The van der Waals surface area contributed by atoms with Crippen LogP contribution in [-0.4, -0.2) is 28.0 Å². The number of rotatable bonds is 7. The normalized spacial score (nSPS) is 13.0. The third-order valence-corrected chi connectivity index (χ3v) is 5.44. The minimum absolute atomic E-state index is 0.178. The lowest BCUT2D eigenvalue weighted by Gasteiger charge is -2.18. The van der Waals surface area contributed by atoms with E-state index in [1.54, 1.807) is 10.9 Å². The quantitative estimate of drug-likeness (QED) is 0.703. The Labute approximate surface area is 147 Å². The highest BCUT2D eigenvalue weighted by Crippen LogP contribution is 2.23. The van der Waals surface area contributed by atoms with Crippen molar-refractivity contribution in [2.45, 2.75) is 37.9 Å². The van der Waals surface area contributed by atoms with E-state index in [1.807, 2.05) is 50.4 Å². The van der Waals surface area contributed by atoms with E-state index in [-0.39, 0.29) is 5.03 Å². The monoisotopic (exact) mass is 359 g/mol. The Morgan fingerprint density at radius 2 is 1.92 bits per heavy atom. The van der Waals surface area contributed by atoms with Crippen molar-refractivity contribution in [2.75, 3.05) is 0 Å². The summed E-state index contributed by atoms with van der Waals surface area (Å²) >= 11 is 0. The minimum Gasteiger partial charge on any atom is -0.253 e. The maximum Gasteiger partial charge on any atom is 0.258 e. The number of hydrogen-bond acceptors (Lipinski definition) is 4. The van der Waals surface area contributed by atoms with Crippen molar-refractivity contribution >= 4 is 10.0 Å². The van der Waals surface area contributed by atoms with Gasteiger partial charge in [-0.1, -0.05) is 25.1 Å². The van der Waals surface area contributed by atoms with Crippen LogP contribution >= 0.6 is 0 Å². The molecule has 0 saturated carbocycles. The molecule has 2 aromatic heterocycles. The number of aromatic nitrogens is 4. The van der Waals surface area contributed by atoms with E-state index in [0.717, 1.165) is 17.7 Å². The molecule has 25 heavy (non-hydrogen) atoms. The minimum atomic E-state index is -3.68. The highest BCUT2D eigenvalue weighted by Gasteiger charge is 2.23. The fourth-order valence-electron chi connectivity index (χ4n) is 2.76. The zero-order valence-corrected chi connectivity index (χ0v) is 15.0. The van der Waals surface area contributed by atoms with Crippen molar-refractivity contribution in [3.05, 3.63) is 60.6 Å². The lowest BCUT2D eigenvalue weighted by molar-refractivity contribution is 0.517. The maximum absolute atomic E-state index is 12.8. The summed E-state index contributed by atoms with van der Waals surface area (Å²) in [6, 6.07) is 10.5. The number of hydrogen-bond donors (Lipinski definition) is 1. The summed E-state index contributed by atoms with van der Waals surface area (Å²) in [5.74, 6) is 0. The topological polar surface area (TPSA) is 81.8 Å². The van der Waals surface area contributed by atoms with Crippen molar-refractivity contribution in [1.82, 2.24) is 24.3 Å². The number of benzene rings is 1. The van der Waals surface area contributed by atoms with Crippen LogP contribution in [0.5, 0.6) is 0 Å². The molecule has 0 aliphatic rings. The molecule has 0 aliphatic heterocycles. The third-order valence-electron chi connectivity index (χ3n) is 3.87. The lowest BCUT2D eigenvalue weighted by atomic mass is 10.1. The van der Waals surface area contributed by atoms with Gasteiger partial charge in [0.05, 0.1) is 11.9 Å². The first-order valence-electron chi connectivity index (χ1n) is 8.16. The van der Waals surface area contributed by atoms with Gasteiger partial charge in [-0.05, 0) is 37.1 Å². The van der Waals surface area contributed by atoms with E-state index in [0.29, 0.717) is 6.54 Å². The summed E-state index contributed by atoms with van der Waals surface area (Å²) in [5, 5.41) is 8.51. The largest absolute Gasteiger partial charge is 0.258 e. The Morgan fingerprint density at radius 1 is 1.12 bits per heavy atom. The number of nitrogens with one attached hydrogen (secondary N) is 1. The molecule has 2 heterocycles. The second kappa shape index (κ2) is 7.20. The molecule has 0 unspecified atom stereocenters. The lowest BCUT2D eigenvalue weighted by Crippen LogP contribution is -2.29. The van der Waals surface area contributed by atoms with Crippen molar-refractivity contribution in [2.24, 2.45) is 0 Å². The molecule has 1 aromatic carbocycles. The zero-order valence-electron chi connectivity index (χ0n) is 14.2. The van der Waals surface area contributed by atoms with Crippen LogP contribution in [0.25, 0.3) is 5.69 Å². The molecule has 0 bridgehead atoms. The van der Waals surface area contributed by atoms with Crippen LogP contribution < -0.4 is 4.72 Å². The van der Waals surface area contributed by atoms with Crippen LogP contribution in [0.2, 0.25) is 0 Å². The second-order valence-corrected chi connectivity index (χ2v) is 7.41. The number of nitrogens with zero attached hydrogens (tertiary/aromatic N) is 4. The van der Waals surface area contributed by atoms with Gasteiger partial charge in [0.25, 0.3) is 10.0 Å². The fraction of sp³-hybridized carbons (Fsp3) is 0.294. The van der Waals surface area contributed by atoms with Crippen LogP contribution in [-0.2, 0) is 16.6 Å². The zero-order chi connectivity index (χ0) is 17.9. The van der Waals surface area contributed by atoms with Crippen molar-refractivity contribution in [3.8, 4) is 5.69 Å². The van der Waals surface area contributed by atoms with E-state index in [2.05, 4.69) is 14.9 Å². The van der Waals surface area contributed by atoms with Gasteiger partial charge >= 0.3 is 0 Å². The second-order valence-electron chi connectivity index (χ2n) is 5.75. The van der Waals surface area contributed by atoms with Gasteiger partial charge in [-0.2, -0.15) is 10.2 Å². The first-order chi connectivity index (χ1) is 12.0. The van der Waals surface area contributed by atoms with Crippen LogP contribution in [0.4, 0.5) is 0 Å². The predicted molar refractivity (Wildman–Crippen MR) is 94.8 cm³/mol. The van der Waals surface area contributed by atoms with Crippen LogP contribution in [0.15, 0.2) is 60.0 Å². The summed E-state index contributed by atoms with van der Waals surface area (Å²) in [4.78, 5) is 0. The van der Waals surface area contributed by atoms with Crippen molar-refractivity contribution in [1.29, 1.82) is 0 Å². The molecule has 1 N–H and O–H groups in total. The Kier molecular flexibility index (Phi) is 5.00. The Balaban J connectivity index is 1.90. The fourth-order valence-corrected chi connectivity index (χ4v) is 4.13. The number of sulfonamides is 1. The predicted octanol–water partition coefficient (Wildman–Crippen LogP) is 2.52. The van der Waals surface area contributed by atoms with Crippen molar-refractivity contribution in [3.63, 3.8) is 0 Å². The molecule has 1 atom stereocenters. The average Bonchev–Trinajstić information content (AvgIpc) is 3.26. The summed E-state index contributed by atoms with van der Waals surface area (Å²) in [6.07, 6.45) is 5.83. The molecule has 0 radical (unpaired) electrons. The van der Waals surface area contributed by atoms with Gasteiger partial charge in [0, 0.05) is 25.0 Å². The molecule has 0 saturated heterocycles. The smallest absolute Gasteiger partial charge is 0.253 e. The SMILES string of the molecule is CCCn1nccc1S(=O)(=O)N[C@@H](C)c1ccccc1-n1cccn1. The van der Waals surface area contributed by atoms with Gasteiger partial charge in [-0.25, -0.2) is 17.8 Å². The average molecular weight is 359 g/mol. The van der Waals surface area contributed by atoms with Gasteiger partial charge in [-0.15, -0.1) is 0 Å². The Morgan fingerprint density at radius 3 is 2.64 bits per heavy atom. The highest BCUT2D eigenvalue weighted by molar-refractivity contribution is 7.89. The van der Waals surface area contributed by atoms with E-state index >= 15 is 0 Å². The molecule has 8 heteroatoms. The van der Waals surface area contributed by atoms with Gasteiger partial charge in [0.15, 0.2) is 5.03 Å². The van der Waals surface area contributed by atoms with Gasteiger partial charge in [0.2, 0.25) is 0 Å². The first kappa shape index (κ1) is 17.4. The van der Waals surface area contributed by atoms with Crippen LogP contribution in [0, 0.1) is 0 Å². The molecule has 7 nitrogen and oxygen atoms in total. The van der Waals surface area contributed by atoms with E-state index in [4.69, 9.17) is 0 Å². The van der Waals surface area contributed by atoms with E-state index < -0.39 is 16.1 Å². The molecule has 0 fully saturated rings. The Hall–Kier alpha value is -2.45. The molecule has 3 rings (SSSR count). The van der Waals surface area contributed by atoms with Gasteiger partial charge in [-0.3, -0.25) is 4.68 Å². The molecule has 0 aliphatic carbocycles. The summed E-state index contributed by atoms with van der Waals surface area (Å²) in [7, 11) is -3.68. The highest BCUT2D eigenvalue weighted by atomic mass is 32.2. The van der Waals surface area contributed by atoms with E-state index in [9.17, 15) is 8.42 Å². The van der Waals surface area contributed by atoms with Gasteiger partial charge in [0.1, 0.15) is 0 Å². The Bertz CT molecular complexity index is 932. The third kappa shape index (κ3) is 3.64.